The largest absolute Gasteiger partial charge is 0.338 e. The Balaban J connectivity index is 1.43. The van der Waals surface area contributed by atoms with Gasteiger partial charge in [-0.3, -0.25) is 9.69 Å². The summed E-state index contributed by atoms with van der Waals surface area (Å²) in [6, 6.07) is 6.76. The molecule has 1 saturated carbocycles. The monoisotopic (exact) mass is 346 g/mol. The van der Waals surface area contributed by atoms with Gasteiger partial charge in [0.05, 0.1) is 6.04 Å². The topological polar surface area (TPSA) is 23.6 Å². The fraction of sp³-hybridized carbons (Fsp3) is 0.650. The molecule has 3 nitrogen and oxygen atoms in total. The third-order valence-electron chi connectivity index (χ3n) is 6.29. The summed E-state index contributed by atoms with van der Waals surface area (Å²) in [5.74, 6) is 1.21. The molecule has 4 rings (SSSR count). The minimum absolute atomic E-state index is 0.0801. The van der Waals surface area contributed by atoms with E-state index < -0.39 is 0 Å². The molecule has 24 heavy (non-hydrogen) atoms. The van der Waals surface area contributed by atoms with Crippen molar-refractivity contribution in [3.8, 4) is 0 Å². The summed E-state index contributed by atoms with van der Waals surface area (Å²) in [4.78, 5) is 17.6. The van der Waals surface area contributed by atoms with Gasteiger partial charge in [-0.2, -0.15) is 0 Å². The maximum atomic E-state index is 13.0. The van der Waals surface area contributed by atoms with E-state index in [0.717, 1.165) is 43.4 Å². The minimum atomic E-state index is 0.0801. The van der Waals surface area contributed by atoms with Crippen LogP contribution in [0.1, 0.15) is 50.2 Å². The fourth-order valence-corrected chi connectivity index (χ4v) is 4.95. The van der Waals surface area contributed by atoms with E-state index in [2.05, 4.69) is 28.9 Å². The smallest absolute Gasteiger partial charge is 0.240 e. The Labute approximate surface area is 150 Å². The Kier molecular flexibility index (Phi) is 4.57. The Hall–Kier alpha value is -1.06. The standard InChI is InChI=1S/C20H27ClN2O/c1-14-2-6-18(7-3-14)23-11-9-19(20(23)24)22-10-8-15-4-5-17(21)12-16(15)13-22/h4-5,12,14,18-19H,2-3,6-11,13H2,1H3. The van der Waals surface area contributed by atoms with Crippen LogP contribution in [-0.4, -0.2) is 40.9 Å². The maximum absolute atomic E-state index is 13.0. The van der Waals surface area contributed by atoms with E-state index in [0.29, 0.717) is 11.9 Å². The molecule has 1 unspecified atom stereocenters. The number of rotatable bonds is 2. The number of benzene rings is 1. The molecule has 1 atom stereocenters. The van der Waals surface area contributed by atoms with Crippen LogP contribution in [0.15, 0.2) is 18.2 Å². The van der Waals surface area contributed by atoms with Crippen molar-refractivity contribution in [1.82, 2.24) is 9.80 Å². The predicted molar refractivity (Wildman–Crippen MR) is 97.1 cm³/mol. The summed E-state index contributed by atoms with van der Waals surface area (Å²) in [6.45, 7) is 5.13. The van der Waals surface area contributed by atoms with Crippen LogP contribution in [0, 0.1) is 5.92 Å². The van der Waals surface area contributed by atoms with Gasteiger partial charge in [-0.1, -0.05) is 24.6 Å². The SMILES string of the molecule is CC1CCC(N2CCC(N3CCc4ccc(Cl)cc4C3)C2=O)CC1. The van der Waals surface area contributed by atoms with Crippen LogP contribution in [0.4, 0.5) is 0 Å². The van der Waals surface area contributed by atoms with Crippen LogP contribution in [0.25, 0.3) is 0 Å². The van der Waals surface area contributed by atoms with Gasteiger partial charge >= 0.3 is 0 Å². The molecule has 4 heteroatoms. The maximum Gasteiger partial charge on any atom is 0.240 e. The lowest BCUT2D eigenvalue weighted by Gasteiger charge is -2.36. The van der Waals surface area contributed by atoms with Crippen LogP contribution >= 0.6 is 11.6 Å². The van der Waals surface area contributed by atoms with Crippen LogP contribution < -0.4 is 0 Å². The van der Waals surface area contributed by atoms with Crippen LogP contribution in [0.2, 0.25) is 5.02 Å². The number of nitrogens with zero attached hydrogens (tertiary/aromatic N) is 2. The van der Waals surface area contributed by atoms with Gasteiger partial charge in [0.15, 0.2) is 0 Å². The lowest BCUT2D eigenvalue weighted by Crippen LogP contribution is -2.47. The molecule has 2 fully saturated rings. The van der Waals surface area contributed by atoms with Gasteiger partial charge in [0.25, 0.3) is 0 Å². The first-order valence-corrected chi connectivity index (χ1v) is 9.81. The third kappa shape index (κ3) is 3.09. The highest BCUT2D eigenvalue weighted by atomic mass is 35.5. The number of amides is 1. The van der Waals surface area contributed by atoms with Gasteiger partial charge in [-0.15, -0.1) is 0 Å². The molecule has 0 N–H and O–H groups in total. The molecule has 1 saturated heterocycles. The highest BCUT2D eigenvalue weighted by Gasteiger charge is 2.40. The first kappa shape index (κ1) is 16.4. The van der Waals surface area contributed by atoms with Crippen LogP contribution in [-0.2, 0) is 17.8 Å². The summed E-state index contributed by atoms with van der Waals surface area (Å²) >= 11 is 6.16. The van der Waals surface area contributed by atoms with E-state index in [-0.39, 0.29) is 6.04 Å². The van der Waals surface area contributed by atoms with Gasteiger partial charge in [-0.25, -0.2) is 0 Å². The molecule has 1 aromatic rings. The molecular weight excluding hydrogens is 320 g/mol. The first-order chi connectivity index (χ1) is 11.6. The van der Waals surface area contributed by atoms with E-state index in [4.69, 9.17) is 11.6 Å². The lowest BCUT2D eigenvalue weighted by molar-refractivity contribution is -0.135. The zero-order chi connectivity index (χ0) is 16.7. The summed E-state index contributed by atoms with van der Waals surface area (Å²) in [5, 5.41) is 0.798. The van der Waals surface area contributed by atoms with E-state index in [1.165, 1.54) is 36.8 Å². The van der Waals surface area contributed by atoms with Crippen molar-refractivity contribution in [2.45, 2.75) is 64.1 Å². The second-order valence-electron chi connectivity index (χ2n) is 7.88. The van der Waals surface area contributed by atoms with Gasteiger partial charge < -0.3 is 4.90 Å². The molecular formula is C20H27ClN2O. The van der Waals surface area contributed by atoms with E-state index in [1.807, 2.05) is 6.07 Å². The molecule has 2 aliphatic heterocycles. The second kappa shape index (κ2) is 6.68. The first-order valence-electron chi connectivity index (χ1n) is 9.43. The Bertz CT molecular complexity index is 624. The van der Waals surface area contributed by atoms with Gasteiger partial charge in [0, 0.05) is 30.7 Å². The minimum Gasteiger partial charge on any atom is -0.338 e. The molecule has 1 aliphatic carbocycles. The average Bonchev–Trinajstić information content (AvgIpc) is 2.96. The van der Waals surface area contributed by atoms with Crippen LogP contribution in [0.5, 0.6) is 0 Å². The molecule has 1 amide bonds. The summed E-state index contributed by atoms with van der Waals surface area (Å²) < 4.78 is 0. The van der Waals surface area contributed by atoms with Gasteiger partial charge in [0.1, 0.15) is 0 Å². The van der Waals surface area contributed by atoms with E-state index >= 15 is 0 Å². The Morgan fingerprint density at radius 3 is 2.62 bits per heavy atom. The van der Waals surface area contributed by atoms with Crippen LogP contribution in [0.3, 0.4) is 0 Å². The Morgan fingerprint density at radius 2 is 1.83 bits per heavy atom. The number of likely N-dealkylation sites (tertiary alicyclic amines) is 1. The third-order valence-corrected chi connectivity index (χ3v) is 6.52. The van der Waals surface area contributed by atoms with Crippen molar-refractivity contribution in [1.29, 1.82) is 0 Å². The van der Waals surface area contributed by atoms with Gasteiger partial charge in [-0.05, 0) is 67.7 Å². The normalized spacial score (nSPS) is 31.3. The summed E-state index contributed by atoms with van der Waals surface area (Å²) in [7, 11) is 0. The Morgan fingerprint density at radius 1 is 1.04 bits per heavy atom. The van der Waals surface area contributed by atoms with Crippen molar-refractivity contribution >= 4 is 17.5 Å². The van der Waals surface area contributed by atoms with Crippen molar-refractivity contribution in [2.24, 2.45) is 5.92 Å². The second-order valence-corrected chi connectivity index (χ2v) is 8.32. The number of halogens is 1. The molecule has 2 heterocycles. The predicted octanol–water partition coefficient (Wildman–Crippen LogP) is 3.88. The number of carbonyl (C=O) groups excluding carboxylic acids is 1. The zero-order valence-corrected chi connectivity index (χ0v) is 15.3. The molecule has 1 aromatic carbocycles. The molecule has 3 aliphatic rings. The molecule has 0 aromatic heterocycles. The molecule has 130 valence electrons. The lowest BCUT2D eigenvalue weighted by atomic mass is 9.87. The number of hydrogen-bond donors (Lipinski definition) is 0. The van der Waals surface area contributed by atoms with Crippen molar-refractivity contribution < 1.29 is 4.79 Å². The summed E-state index contributed by atoms with van der Waals surface area (Å²) in [6.07, 6.45) is 6.94. The number of hydrogen-bond acceptors (Lipinski definition) is 2. The van der Waals surface area contributed by atoms with Crippen molar-refractivity contribution in [2.75, 3.05) is 13.1 Å². The number of fused-ring (bicyclic) bond motifs is 1. The molecule has 0 bridgehead atoms. The highest BCUT2D eigenvalue weighted by molar-refractivity contribution is 6.30. The van der Waals surface area contributed by atoms with Crippen molar-refractivity contribution in [3.63, 3.8) is 0 Å². The fourth-order valence-electron chi connectivity index (χ4n) is 4.76. The quantitative estimate of drug-likeness (QED) is 0.811. The van der Waals surface area contributed by atoms with Crippen molar-refractivity contribution in [3.05, 3.63) is 34.3 Å². The molecule has 0 radical (unpaired) electrons. The van der Waals surface area contributed by atoms with Gasteiger partial charge in [0.2, 0.25) is 5.91 Å². The number of carbonyl (C=O) groups is 1. The van der Waals surface area contributed by atoms with E-state index in [9.17, 15) is 4.79 Å². The highest BCUT2D eigenvalue weighted by Crippen LogP contribution is 2.32. The average molecular weight is 347 g/mol. The zero-order valence-electron chi connectivity index (χ0n) is 14.5. The molecule has 0 spiro atoms. The summed E-state index contributed by atoms with van der Waals surface area (Å²) in [5.41, 5.74) is 2.69. The van der Waals surface area contributed by atoms with E-state index in [1.54, 1.807) is 0 Å².